The van der Waals surface area contributed by atoms with Crippen LogP contribution in [0.4, 0.5) is 4.39 Å². The van der Waals surface area contributed by atoms with Gasteiger partial charge in [-0.1, -0.05) is 30.3 Å². The summed E-state index contributed by atoms with van der Waals surface area (Å²) in [5, 5.41) is 14.3. The molecule has 1 aromatic heterocycles. The van der Waals surface area contributed by atoms with Crippen LogP contribution in [0.2, 0.25) is 0 Å². The van der Waals surface area contributed by atoms with Gasteiger partial charge in [-0.15, -0.1) is 0 Å². The predicted molar refractivity (Wildman–Crippen MR) is 124 cm³/mol. The van der Waals surface area contributed by atoms with Crippen LogP contribution in [0.15, 0.2) is 66.7 Å². The lowest BCUT2D eigenvalue weighted by atomic mass is 10.1. The first-order chi connectivity index (χ1) is 16.0. The second-order valence-corrected chi connectivity index (χ2v) is 7.65. The van der Waals surface area contributed by atoms with Crippen LogP contribution in [0.3, 0.4) is 0 Å². The molecule has 0 radical (unpaired) electrons. The van der Waals surface area contributed by atoms with E-state index < -0.39 is 5.97 Å². The first-order valence-electron chi connectivity index (χ1n) is 10.5. The van der Waals surface area contributed by atoms with Gasteiger partial charge < -0.3 is 24.5 Å². The highest BCUT2D eigenvalue weighted by Gasteiger charge is 2.22. The summed E-state index contributed by atoms with van der Waals surface area (Å²) in [4.78, 5) is 12.3. The van der Waals surface area contributed by atoms with Crippen molar-refractivity contribution >= 4 is 16.9 Å². The van der Waals surface area contributed by atoms with E-state index in [0.29, 0.717) is 30.0 Å². The molecule has 0 saturated heterocycles. The molecule has 0 bridgehead atoms. The highest BCUT2D eigenvalue weighted by molar-refractivity contribution is 5.98. The first-order valence-corrected chi connectivity index (χ1v) is 10.5. The Hall–Kier alpha value is -3.84. The quantitative estimate of drug-likeness (QED) is 0.384. The number of hydrogen-bond donors (Lipinski definition) is 2. The Morgan fingerprint density at radius 2 is 1.82 bits per heavy atom. The van der Waals surface area contributed by atoms with Crippen LogP contribution >= 0.6 is 0 Å². The van der Waals surface area contributed by atoms with Gasteiger partial charge in [0.2, 0.25) is 0 Å². The summed E-state index contributed by atoms with van der Waals surface area (Å²) >= 11 is 0. The van der Waals surface area contributed by atoms with Gasteiger partial charge in [-0.2, -0.15) is 0 Å². The molecule has 0 atom stereocenters. The van der Waals surface area contributed by atoms with Crippen LogP contribution in [0.25, 0.3) is 10.9 Å². The topological polar surface area (TPSA) is 72.7 Å². The second-order valence-electron chi connectivity index (χ2n) is 7.65. The Morgan fingerprint density at radius 3 is 2.55 bits per heavy atom. The van der Waals surface area contributed by atoms with E-state index in [1.165, 1.54) is 12.1 Å². The number of ether oxygens (including phenoxy) is 2. The molecule has 0 aliphatic rings. The Balaban J connectivity index is 1.68. The summed E-state index contributed by atoms with van der Waals surface area (Å²) in [5.74, 6) is 0.0501. The molecule has 6 nitrogen and oxygen atoms in total. The van der Waals surface area contributed by atoms with Gasteiger partial charge in [0.15, 0.2) is 0 Å². The monoisotopic (exact) mass is 448 g/mol. The van der Waals surface area contributed by atoms with Gasteiger partial charge in [0.25, 0.3) is 0 Å². The maximum absolute atomic E-state index is 13.7. The number of carboxylic acids is 1. The summed E-state index contributed by atoms with van der Waals surface area (Å²) in [6.07, 6.45) is 0. The lowest BCUT2D eigenvalue weighted by Gasteiger charge is -2.12. The van der Waals surface area contributed by atoms with Gasteiger partial charge >= 0.3 is 5.97 Å². The minimum atomic E-state index is -1.03. The largest absolute Gasteiger partial charge is 0.497 e. The van der Waals surface area contributed by atoms with E-state index in [4.69, 9.17) is 9.47 Å². The van der Waals surface area contributed by atoms with Crippen molar-refractivity contribution in [3.05, 3.63) is 94.9 Å². The number of hydrogen-bond acceptors (Lipinski definition) is 4. The molecular weight excluding hydrogens is 423 g/mol. The number of benzene rings is 3. The third-order valence-electron chi connectivity index (χ3n) is 5.61. The third-order valence-corrected chi connectivity index (χ3v) is 5.61. The van der Waals surface area contributed by atoms with E-state index in [9.17, 15) is 14.3 Å². The number of aromatic carboxylic acids is 1. The maximum Gasteiger partial charge on any atom is 0.352 e. The van der Waals surface area contributed by atoms with Crippen molar-refractivity contribution in [2.45, 2.75) is 19.6 Å². The number of para-hydroxylation sites is 1. The van der Waals surface area contributed by atoms with Crippen molar-refractivity contribution in [3.63, 3.8) is 0 Å². The number of carbonyl (C=O) groups is 1. The van der Waals surface area contributed by atoms with E-state index in [1.54, 1.807) is 30.9 Å². The smallest absolute Gasteiger partial charge is 0.352 e. The number of aromatic nitrogens is 1. The molecular formula is C26H25FN2O4. The van der Waals surface area contributed by atoms with Crippen molar-refractivity contribution in [2.75, 3.05) is 14.2 Å². The van der Waals surface area contributed by atoms with E-state index in [2.05, 4.69) is 5.32 Å². The van der Waals surface area contributed by atoms with E-state index in [-0.39, 0.29) is 18.1 Å². The second kappa shape index (κ2) is 9.75. The fourth-order valence-electron chi connectivity index (χ4n) is 4.12. The van der Waals surface area contributed by atoms with Gasteiger partial charge in [0.05, 0.1) is 14.2 Å². The summed E-state index contributed by atoms with van der Waals surface area (Å²) in [6.45, 7) is 1.05. The van der Waals surface area contributed by atoms with Crippen molar-refractivity contribution in [1.29, 1.82) is 0 Å². The molecule has 4 rings (SSSR count). The normalized spacial score (nSPS) is 11.0. The van der Waals surface area contributed by atoms with E-state index in [0.717, 1.165) is 22.2 Å². The molecule has 0 spiro atoms. The summed E-state index contributed by atoms with van der Waals surface area (Å²) in [7, 11) is 3.21. The lowest BCUT2D eigenvalue weighted by Crippen LogP contribution is -2.17. The lowest BCUT2D eigenvalue weighted by molar-refractivity contribution is 0.0684. The maximum atomic E-state index is 13.7. The zero-order valence-corrected chi connectivity index (χ0v) is 18.5. The molecule has 1 heterocycles. The van der Waals surface area contributed by atoms with Gasteiger partial charge in [-0.05, 0) is 42.0 Å². The van der Waals surface area contributed by atoms with Crippen molar-refractivity contribution in [2.24, 2.45) is 0 Å². The number of fused-ring (bicyclic) bond motifs is 1. The average molecular weight is 448 g/mol. The van der Waals surface area contributed by atoms with Crippen LogP contribution < -0.4 is 14.8 Å². The number of nitrogens with one attached hydrogen (secondary N) is 1. The summed E-state index contributed by atoms with van der Waals surface area (Å²) in [6, 6.07) is 19.3. The molecule has 170 valence electrons. The molecule has 0 aliphatic carbocycles. The molecule has 0 unspecified atom stereocenters. The fraction of sp³-hybridized carbons (Fsp3) is 0.192. The van der Waals surface area contributed by atoms with Crippen molar-refractivity contribution in [3.8, 4) is 11.5 Å². The van der Waals surface area contributed by atoms with Gasteiger partial charge in [-0.3, -0.25) is 0 Å². The molecule has 0 aliphatic heterocycles. The van der Waals surface area contributed by atoms with Crippen LogP contribution in [0.1, 0.15) is 27.2 Å². The number of halogens is 1. The van der Waals surface area contributed by atoms with Crippen molar-refractivity contribution < 1.29 is 23.8 Å². The zero-order valence-electron chi connectivity index (χ0n) is 18.5. The molecule has 2 N–H and O–H groups in total. The third kappa shape index (κ3) is 4.68. The summed E-state index contributed by atoms with van der Waals surface area (Å²) in [5.41, 5.74) is 3.24. The standard InChI is InChI=1S/C26H25FN2O4/c1-32-20-10-11-24(33-2)18(13-20)14-28-15-22-21-8-3-4-9-23(21)29(25(22)26(30)31)16-17-6-5-7-19(27)12-17/h3-13,28H,14-16H2,1-2H3,(H,30,31). The van der Waals surface area contributed by atoms with Crippen molar-refractivity contribution in [1.82, 2.24) is 9.88 Å². The van der Waals surface area contributed by atoms with Gasteiger partial charge in [0.1, 0.15) is 23.0 Å². The van der Waals surface area contributed by atoms with Gasteiger partial charge in [-0.25, -0.2) is 9.18 Å². The SMILES string of the molecule is COc1ccc(OC)c(CNCc2c(C(=O)O)n(Cc3cccc(F)c3)c3ccccc23)c1. The first kappa shape index (κ1) is 22.4. The van der Waals surface area contributed by atoms with E-state index >= 15 is 0 Å². The van der Waals surface area contributed by atoms with E-state index in [1.807, 2.05) is 42.5 Å². The molecule has 7 heteroatoms. The molecule has 0 fully saturated rings. The Bertz CT molecular complexity index is 1300. The number of nitrogens with zero attached hydrogens (tertiary/aromatic N) is 1. The predicted octanol–water partition coefficient (Wildman–Crippen LogP) is 4.83. The molecule has 33 heavy (non-hydrogen) atoms. The number of rotatable bonds is 9. The van der Waals surface area contributed by atoms with Crippen LogP contribution in [-0.4, -0.2) is 29.9 Å². The highest BCUT2D eigenvalue weighted by atomic mass is 19.1. The Labute approximate surface area is 191 Å². The number of carboxylic acid groups (broad SMARTS) is 1. The molecule has 0 saturated carbocycles. The van der Waals surface area contributed by atoms with Crippen LogP contribution in [0.5, 0.6) is 11.5 Å². The van der Waals surface area contributed by atoms with Crippen LogP contribution in [-0.2, 0) is 19.6 Å². The summed E-state index contributed by atoms with van der Waals surface area (Å²) < 4.78 is 26.2. The highest BCUT2D eigenvalue weighted by Crippen LogP contribution is 2.29. The number of methoxy groups -OCH3 is 2. The fourth-order valence-corrected chi connectivity index (χ4v) is 4.12. The molecule has 3 aromatic carbocycles. The Kier molecular flexibility index (Phi) is 6.60. The Morgan fingerprint density at radius 1 is 1.00 bits per heavy atom. The zero-order chi connectivity index (χ0) is 23.4. The minimum absolute atomic E-state index is 0.186. The minimum Gasteiger partial charge on any atom is -0.497 e. The van der Waals surface area contributed by atoms with Crippen LogP contribution in [0, 0.1) is 5.82 Å². The molecule has 0 amide bonds. The average Bonchev–Trinajstić information content (AvgIpc) is 3.12. The molecule has 4 aromatic rings. The van der Waals surface area contributed by atoms with Gasteiger partial charge in [0, 0.05) is 41.7 Å².